The Kier molecular flexibility index (Phi) is 6.47. The molecular weight excluding hydrogens is 439 g/mol. The molecule has 0 unspecified atom stereocenters. The van der Waals surface area contributed by atoms with Crippen LogP contribution in [0.3, 0.4) is 0 Å². The molecule has 0 radical (unpaired) electrons. The first-order valence-electron chi connectivity index (χ1n) is 9.67. The quantitative estimate of drug-likeness (QED) is 0.408. The first-order chi connectivity index (χ1) is 15.0. The fourth-order valence-corrected chi connectivity index (χ4v) is 5.03. The lowest BCUT2D eigenvalue weighted by atomic mass is 10.1. The van der Waals surface area contributed by atoms with Crippen molar-refractivity contribution in [3.63, 3.8) is 0 Å². The summed E-state index contributed by atoms with van der Waals surface area (Å²) in [6, 6.07) is 10.4. The molecule has 3 aromatic rings. The van der Waals surface area contributed by atoms with Crippen molar-refractivity contribution in [2.24, 2.45) is 0 Å². The summed E-state index contributed by atoms with van der Waals surface area (Å²) in [5.41, 5.74) is 0.0469. The number of non-ortho nitro benzene ring substituents is 1. The van der Waals surface area contributed by atoms with Gasteiger partial charge in [-0.1, -0.05) is 23.9 Å². The van der Waals surface area contributed by atoms with Gasteiger partial charge in [0.05, 0.1) is 10.5 Å². The van der Waals surface area contributed by atoms with Gasteiger partial charge in [-0.05, 0) is 24.6 Å². The third-order valence-electron chi connectivity index (χ3n) is 4.93. The van der Waals surface area contributed by atoms with Crippen LogP contribution in [0.25, 0.3) is 0 Å². The van der Waals surface area contributed by atoms with Crippen LogP contribution in [0.4, 0.5) is 15.2 Å². The maximum Gasteiger partial charge on any atom is 0.270 e. The van der Waals surface area contributed by atoms with E-state index in [1.165, 1.54) is 24.3 Å². The number of carbonyl (C=O) groups excluding carboxylic acids is 1. The van der Waals surface area contributed by atoms with Crippen molar-refractivity contribution in [3.05, 3.63) is 75.5 Å². The van der Waals surface area contributed by atoms with Gasteiger partial charge in [0, 0.05) is 59.7 Å². The van der Waals surface area contributed by atoms with Gasteiger partial charge in [-0.15, -0.1) is 11.3 Å². The van der Waals surface area contributed by atoms with Crippen LogP contribution in [0.5, 0.6) is 0 Å². The number of benzene rings is 2. The number of hydrogen-bond acceptors (Lipinski definition) is 7. The molecule has 0 bridgehead atoms. The molecule has 0 spiro atoms. The van der Waals surface area contributed by atoms with E-state index in [-0.39, 0.29) is 17.2 Å². The first kappa shape index (κ1) is 21.3. The van der Waals surface area contributed by atoms with Crippen LogP contribution in [0.15, 0.2) is 63.8 Å². The number of nitro benzene ring substituents is 1. The molecule has 1 aliphatic rings. The fraction of sp³-hybridized carbons (Fsp3) is 0.238. The minimum atomic E-state index is -0.527. The minimum absolute atomic E-state index is 0.166. The van der Waals surface area contributed by atoms with E-state index in [2.05, 4.69) is 9.88 Å². The third kappa shape index (κ3) is 4.86. The van der Waals surface area contributed by atoms with Crippen LogP contribution in [0.2, 0.25) is 0 Å². The molecule has 0 aliphatic carbocycles. The van der Waals surface area contributed by atoms with Gasteiger partial charge in [-0.2, -0.15) is 0 Å². The molecule has 2 heterocycles. The largest absolute Gasteiger partial charge is 0.346 e. The predicted octanol–water partition coefficient (Wildman–Crippen LogP) is 4.69. The van der Waals surface area contributed by atoms with Crippen molar-refractivity contribution >= 4 is 39.8 Å². The molecular formula is C21H19FN4O3S2. The fourth-order valence-electron chi connectivity index (χ4n) is 3.39. The summed E-state index contributed by atoms with van der Waals surface area (Å²) >= 11 is 2.65. The summed E-state index contributed by atoms with van der Waals surface area (Å²) in [5.74, 6) is -0.693. The Morgan fingerprint density at radius 1 is 1.13 bits per heavy atom. The van der Waals surface area contributed by atoms with E-state index >= 15 is 0 Å². The Labute approximate surface area is 186 Å². The molecule has 2 aromatic carbocycles. The molecule has 0 N–H and O–H groups in total. The monoisotopic (exact) mass is 458 g/mol. The lowest BCUT2D eigenvalue weighted by molar-refractivity contribution is -0.384. The normalized spacial score (nSPS) is 14.4. The standard InChI is InChI=1S/C21H19FN4O3S2/c22-17-4-1-2-5-19(17)31-18-7-6-15(26(28)29)14-16(18)20(27)24-9-3-10-25(12-11-24)21-23-8-13-30-21/h1-2,4-8,13-14H,3,9-12H2. The van der Waals surface area contributed by atoms with E-state index in [0.29, 0.717) is 29.4 Å². The summed E-state index contributed by atoms with van der Waals surface area (Å²) in [5, 5.41) is 14.1. The Morgan fingerprint density at radius 3 is 2.71 bits per heavy atom. The second-order valence-corrected chi connectivity index (χ2v) is 8.87. The number of amides is 1. The third-order valence-corrected chi connectivity index (χ3v) is 6.89. The van der Waals surface area contributed by atoms with E-state index in [0.717, 1.165) is 29.9 Å². The summed E-state index contributed by atoms with van der Waals surface area (Å²) < 4.78 is 14.2. The number of anilines is 1. The first-order valence-corrected chi connectivity index (χ1v) is 11.4. The number of thiazole rings is 1. The molecule has 1 saturated heterocycles. The van der Waals surface area contributed by atoms with E-state index in [1.807, 2.05) is 5.38 Å². The second kappa shape index (κ2) is 9.44. The molecule has 160 valence electrons. The van der Waals surface area contributed by atoms with Gasteiger partial charge in [0.2, 0.25) is 0 Å². The van der Waals surface area contributed by atoms with Crippen LogP contribution in [-0.2, 0) is 0 Å². The summed E-state index contributed by atoms with van der Waals surface area (Å²) in [4.78, 5) is 33.2. The highest BCUT2D eigenvalue weighted by Gasteiger charge is 2.25. The van der Waals surface area contributed by atoms with Crippen molar-refractivity contribution in [2.45, 2.75) is 16.2 Å². The highest BCUT2D eigenvalue weighted by atomic mass is 32.2. The van der Waals surface area contributed by atoms with Crippen LogP contribution in [-0.4, -0.2) is 46.9 Å². The minimum Gasteiger partial charge on any atom is -0.346 e. The van der Waals surface area contributed by atoms with Gasteiger partial charge in [0.1, 0.15) is 5.82 Å². The number of carbonyl (C=O) groups is 1. The number of hydrogen-bond donors (Lipinski definition) is 0. The van der Waals surface area contributed by atoms with Crippen LogP contribution >= 0.6 is 23.1 Å². The topological polar surface area (TPSA) is 79.6 Å². The SMILES string of the molecule is O=C(c1cc([N+](=O)[O-])ccc1Sc1ccccc1F)N1CCCN(c2nccs2)CC1. The number of halogens is 1. The molecule has 10 heteroatoms. The maximum atomic E-state index is 14.2. The zero-order chi connectivity index (χ0) is 21.8. The van der Waals surface area contributed by atoms with Crippen molar-refractivity contribution < 1.29 is 14.1 Å². The molecule has 0 atom stereocenters. The number of rotatable bonds is 5. The number of nitro groups is 1. The van der Waals surface area contributed by atoms with Gasteiger partial charge in [0.25, 0.3) is 11.6 Å². The summed E-state index contributed by atoms with van der Waals surface area (Å²) in [6.07, 6.45) is 2.51. The van der Waals surface area contributed by atoms with Gasteiger partial charge >= 0.3 is 0 Å². The maximum absolute atomic E-state index is 14.2. The zero-order valence-electron chi connectivity index (χ0n) is 16.4. The van der Waals surface area contributed by atoms with Crippen molar-refractivity contribution in [2.75, 3.05) is 31.1 Å². The van der Waals surface area contributed by atoms with Gasteiger partial charge in [-0.3, -0.25) is 14.9 Å². The zero-order valence-corrected chi connectivity index (χ0v) is 18.1. The average Bonchev–Trinajstić information content (AvgIpc) is 3.19. The van der Waals surface area contributed by atoms with Crippen LogP contribution in [0.1, 0.15) is 16.8 Å². The highest BCUT2D eigenvalue weighted by Crippen LogP contribution is 2.35. The molecule has 31 heavy (non-hydrogen) atoms. The lowest BCUT2D eigenvalue weighted by Crippen LogP contribution is -2.35. The second-order valence-electron chi connectivity index (χ2n) is 6.92. The Bertz CT molecular complexity index is 1090. The summed E-state index contributed by atoms with van der Waals surface area (Å²) in [7, 11) is 0. The molecule has 4 rings (SSSR count). The van der Waals surface area contributed by atoms with E-state index in [4.69, 9.17) is 0 Å². The highest BCUT2D eigenvalue weighted by molar-refractivity contribution is 7.99. The Balaban J connectivity index is 1.60. The van der Waals surface area contributed by atoms with Gasteiger partial charge < -0.3 is 9.80 Å². The molecule has 1 amide bonds. The van der Waals surface area contributed by atoms with E-state index < -0.39 is 10.7 Å². The molecule has 1 fully saturated rings. The molecule has 1 aliphatic heterocycles. The van der Waals surface area contributed by atoms with Crippen LogP contribution < -0.4 is 4.90 Å². The lowest BCUT2D eigenvalue weighted by Gasteiger charge is -2.22. The smallest absolute Gasteiger partial charge is 0.270 e. The molecule has 7 nitrogen and oxygen atoms in total. The van der Waals surface area contributed by atoms with Crippen molar-refractivity contribution in [3.8, 4) is 0 Å². The Morgan fingerprint density at radius 2 is 1.97 bits per heavy atom. The van der Waals surface area contributed by atoms with Gasteiger partial charge in [0.15, 0.2) is 5.13 Å². The molecule has 1 aromatic heterocycles. The molecule has 0 saturated carbocycles. The van der Waals surface area contributed by atoms with E-state index in [1.54, 1.807) is 40.6 Å². The number of nitrogens with zero attached hydrogens (tertiary/aromatic N) is 4. The van der Waals surface area contributed by atoms with E-state index in [9.17, 15) is 19.3 Å². The Hall–Kier alpha value is -2.98. The van der Waals surface area contributed by atoms with Crippen LogP contribution in [0, 0.1) is 15.9 Å². The summed E-state index contributed by atoms with van der Waals surface area (Å²) in [6.45, 7) is 2.42. The van der Waals surface area contributed by atoms with Crippen molar-refractivity contribution in [1.82, 2.24) is 9.88 Å². The number of aromatic nitrogens is 1. The average molecular weight is 459 g/mol. The van der Waals surface area contributed by atoms with Gasteiger partial charge in [-0.25, -0.2) is 9.37 Å². The predicted molar refractivity (Wildman–Crippen MR) is 118 cm³/mol. The van der Waals surface area contributed by atoms with Crippen molar-refractivity contribution in [1.29, 1.82) is 0 Å².